The molecule has 0 fully saturated rings. The maximum Gasteiger partial charge on any atom is 0.335 e. The highest BCUT2D eigenvalue weighted by atomic mass is 32.2. The zero-order chi connectivity index (χ0) is 13.2. The van der Waals surface area contributed by atoms with E-state index in [0.29, 0.717) is 5.56 Å². The van der Waals surface area contributed by atoms with Gasteiger partial charge in [0.1, 0.15) is 0 Å². The molecule has 96 valence electrons. The van der Waals surface area contributed by atoms with Crippen LogP contribution in [0.25, 0.3) is 4.96 Å². The summed E-state index contributed by atoms with van der Waals surface area (Å²) in [5, 5.41) is 10.9. The van der Waals surface area contributed by atoms with Crippen molar-refractivity contribution in [1.29, 1.82) is 0 Å². The molecule has 6 heteroatoms. The molecule has 0 saturated carbocycles. The van der Waals surface area contributed by atoms with Crippen LogP contribution >= 0.6 is 23.1 Å². The van der Waals surface area contributed by atoms with E-state index in [4.69, 9.17) is 5.11 Å². The van der Waals surface area contributed by atoms with Crippen molar-refractivity contribution >= 4 is 34.0 Å². The van der Waals surface area contributed by atoms with Gasteiger partial charge < -0.3 is 5.11 Å². The van der Waals surface area contributed by atoms with Crippen LogP contribution in [0.4, 0.5) is 0 Å². The second-order valence-corrected chi connectivity index (χ2v) is 5.87. The van der Waals surface area contributed by atoms with Gasteiger partial charge in [0.2, 0.25) is 0 Å². The number of aromatic carboxylic acids is 1. The van der Waals surface area contributed by atoms with E-state index in [0.717, 1.165) is 21.3 Å². The summed E-state index contributed by atoms with van der Waals surface area (Å²) in [5.41, 5.74) is 1.31. The van der Waals surface area contributed by atoms with E-state index in [-0.39, 0.29) is 0 Å². The minimum atomic E-state index is -0.898. The molecule has 3 rings (SSSR count). The molecule has 19 heavy (non-hydrogen) atoms. The Labute approximate surface area is 117 Å². The number of imidazole rings is 1. The first-order valence-electron chi connectivity index (χ1n) is 5.59. The van der Waals surface area contributed by atoms with Crippen LogP contribution in [0.1, 0.15) is 16.1 Å². The number of hydrogen-bond donors (Lipinski definition) is 1. The van der Waals surface area contributed by atoms with Gasteiger partial charge in [0.05, 0.1) is 11.3 Å². The van der Waals surface area contributed by atoms with Crippen molar-refractivity contribution < 1.29 is 9.90 Å². The Balaban J connectivity index is 1.73. The third-order valence-electron chi connectivity index (χ3n) is 2.61. The summed E-state index contributed by atoms with van der Waals surface area (Å²) in [6.45, 7) is 0. The predicted octanol–water partition coefficient (Wildman–Crippen LogP) is 3.39. The van der Waals surface area contributed by atoms with Gasteiger partial charge in [-0.25, -0.2) is 9.78 Å². The molecule has 2 aromatic heterocycles. The van der Waals surface area contributed by atoms with Crippen LogP contribution in [-0.2, 0) is 5.75 Å². The topological polar surface area (TPSA) is 54.6 Å². The molecule has 2 heterocycles. The van der Waals surface area contributed by atoms with E-state index in [1.807, 2.05) is 28.2 Å². The van der Waals surface area contributed by atoms with Crippen molar-refractivity contribution in [2.75, 3.05) is 0 Å². The number of carbonyl (C=O) groups is 1. The van der Waals surface area contributed by atoms with E-state index < -0.39 is 5.97 Å². The zero-order valence-electron chi connectivity index (χ0n) is 9.81. The zero-order valence-corrected chi connectivity index (χ0v) is 11.4. The summed E-state index contributed by atoms with van der Waals surface area (Å²) in [6, 6.07) is 6.96. The number of rotatable bonds is 4. The van der Waals surface area contributed by atoms with Crippen molar-refractivity contribution in [2.24, 2.45) is 0 Å². The summed E-state index contributed by atoms with van der Waals surface area (Å²) in [6.07, 6.45) is 3.98. The number of benzene rings is 1. The average molecular weight is 290 g/mol. The van der Waals surface area contributed by atoms with Crippen LogP contribution in [0.2, 0.25) is 0 Å². The Morgan fingerprint density at radius 1 is 1.47 bits per heavy atom. The summed E-state index contributed by atoms with van der Waals surface area (Å²) in [4.78, 5) is 17.3. The molecule has 1 N–H and O–H groups in total. The number of thiazole rings is 1. The highest BCUT2D eigenvalue weighted by Gasteiger charge is 2.06. The van der Waals surface area contributed by atoms with Gasteiger partial charge in [0.25, 0.3) is 0 Å². The second-order valence-electron chi connectivity index (χ2n) is 3.95. The molecule has 0 saturated heterocycles. The van der Waals surface area contributed by atoms with Gasteiger partial charge in [0, 0.05) is 28.4 Å². The molecule has 0 aliphatic carbocycles. The summed E-state index contributed by atoms with van der Waals surface area (Å²) in [7, 11) is 0. The summed E-state index contributed by atoms with van der Waals surface area (Å²) < 4.78 is 1.99. The molecular weight excluding hydrogens is 280 g/mol. The van der Waals surface area contributed by atoms with E-state index in [2.05, 4.69) is 4.98 Å². The molecule has 0 radical (unpaired) electrons. The molecule has 0 aliphatic heterocycles. The van der Waals surface area contributed by atoms with Crippen LogP contribution in [0.5, 0.6) is 0 Å². The number of nitrogens with zero attached hydrogens (tertiary/aromatic N) is 2. The first-order chi connectivity index (χ1) is 9.22. The molecule has 0 aliphatic rings. The fraction of sp³-hybridized carbons (Fsp3) is 0.0769. The Hall–Kier alpha value is -1.79. The summed E-state index contributed by atoms with van der Waals surface area (Å²) >= 11 is 3.19. The Kier molecular flexibility index (Phi) is 3.27. The molecule has 0 amide bonds. The van der Waals surface area contributed by atoms with Crippen molar-refractivity contribution in [3.8, 4) is 0 Å². The molecule has 1 aromatic carbocycles. The fourth-order valence-corrected chi connectivity index (χ4v) is 3.28. The maximum absolute atomic E-state index is 10.9. The molecule has 0 bridgehead atoms. The SMILES string of the molecule is O=C(O)c1cccc(SCc2cn3ccsc3n2)c1. The van der Waals surface area contributed by atoms with Gasteiger partial charge in [-0.1, -0.05) is 6.07 Å². The lowest BCUT2D eigenvalue weighted by Gasteiger charge is -2.00. The molecule has 0 atom stereocenters. The van der Waals surface area contributed by atoms with Gasteiger partial charge in [-0.05, 0) is 18.2 Å². The monoisotopic (exact) mass is 290 g/mol. The van der Waals surface area contributed by atoms with Gasteiger partial charge >= 0.3 is 5.97 Å². The third kappa shape index (κ3) is 2.64. The summed E-state index contributed by atoms with van der Waals surface area (Å²) in [5.74, 6) is -0.165. The largest absolute Gasteiger partial charge is 0.478 e. The van der Waals surface area contributed by atoms with Crippen molar-refractivity contribution in [1.82, 2.24) is 9.38 Å². The molecule has 4 nitrogen and oxygen atoms in total. The number of hydrogen-bond acceptors (Lipinski definition) is 4. The lowest BCUT2D eigenvalue weighted by molar-refractivity contribution is 0.0696. The first-order valence-corrected chi connectivity index (χ1v) is 7.46. The van der Waals surface area contributed by atoms with Crippen molar-refractivity contribution in [3.05, 3.63) is 53.3 Å². The van der Waals surface area contributed by atoms with Crippen LogP contribution in [0, 0.1) is 0 Å². The number of thioether (sulfide) groups is 1. The Bertz CT molecular complexity index is 704. The molecule has 3 aromatic rings. The number of fused-ring (bicyclic) bond motifs is 1. The number of carboxylic acid groups (broad SMARTS) is 1. The number of carboxylic acids is 1. The quantitative estimate of drug-likeness (QED) is 0.748. The molecule has 0 spiro atoms. The van der Waals surface area contributed by atoms with E-state index in [1.54, 1.807) is 41.3 Å². The minimum absolute atomic E-state index is 0.316. The fourth-order valence-electron chi connectivity index (χ4n) is 1.72. The van der Waals surface area contributed by atoms with Gasteiger partial charge in [-0.15, -0.1) is 23.1 Å². The third-order valence-corrected chi connectivity index (χ3v) is 4.41. The highest BCUT2D eigenvalue weighted by Crippen LogP contribution is 2.24. The number of aromatic nitrogens is 2. The Morgan fingerprint density at radius 3 is 3.16 bits per heavy atom. The lowest BCUT2D eigenvalue weighted by Crippen LogP contribution is -1.95. The standard InChI is InChI=1S/C13H10N2O2S2/c16-12(17)9-2-1-3-11(6-9)19-8-10-7-15-4-5-18-13(15)14-10/h1-7H,8H2,(H,16,17). The van der Waals surface area contributed by atoms with E-state index in [9.17, 15) is 4.79 Å². The minimum Gasteiger partial charge on any atom is -0.478 e. The Morgan fingerprint density at radius 2 is 2.37 bits per heavy atom. The van der Waals surface area contributed by atoms with Gasteiger partial charge in [-0.3, -0.25) is 4.40 Å². The smallest absolute Gasteiger partial charge is 0.335 e. The van der Waals surface area contributed by atoms with Crippen LogP contribution < -0.4 is 0 Å². The average Bonchev–Trinajstić information content (AvgIpc) is 2.97. The molecular formula is C13H10N2O2S2. The highest BCUT2D eigenvalue weighted by molar-refractivity contribution is 7.98. The van der Waals surface area contributed by atoms with Crippen molar-refractivity contribution in [2.45, 2.75) is 10.6 Å². The first kappa shape index (κ1) is 12.3. The van der Waals surface area contributed by atoms with Crippen LogP contribution in [-0.4, -0.2) is 20.5 Å². The molecule has 0 unspecified atom stereocenters. The maximum atomic E-state index is 10.9. The predicted molar refractivity (Wildman–Crippen MR) is 76.0 cm³/mol. The van der Waals surface area contributed by atoms with Crippen molar-refractivity contribution in [3.63, 3.8) is 0 Å². The lowest BCUT2D eigenvalue weighted by atomic mass is 10.2. The van der Waals surface area contributed by atoms with Crippen LogP contribution in [0.15, 0.2) is 46.9 Å². The van der Waals surface area contributed by atoms with E-state index >= 15 is 0 Å². The van der Waals surface area contributed by atoms with Gasteiger partial charge in [-0.2, -0.15) is 0 Å². The second kappa shape index (κ2) is 5.07. The normalized spacial score (nSPS) is 10.9. The van der Waals surface area contributed by atoms with Crippen LogP contribution in [0.3, 0.4) is 0 Å². The van der Waals surface area contributed by atoms with Gasteiger partial charge in [0.15, 0.2) is 4.96 Å². The van der Waals surface area contributed by atoms with E-state index in [1.165, 1.54) is 0 Å².